The fourth-order valence-electron chi connectivity index (χ4n) is 9.55. The zero-order valence-electron chi connectivity index (χ0n) is 57.7. The van der Waals surface area contributed by atoms with E-state index in [4.69, 9.17) is 54.9 Å². The van der Waals surface area contributed by atoms with Crippen LogP contribution < -0.4 is 10.6 Å². The summed E-state index contributed by atoms with van der Waals surface area (Å²) in [6.45, 7) is -11.2. The molecule has 2 amide bonds. The summed E-state index contributed by atoms with van der Waals surface area (Å²) < 4.78 is 349. The first-order valence-corrected chi connectivity index (χ1v) is 37.3. The SMILES string of the molecule is CCC(=O)OCCCCCCOP(=O)(OCCC#N)OCC(C)(COP(=O)(OCCC#N)OC(CO)COCC(CCCNC(=O)C(F)(F)F)(CCCC(F)(F)F)CCCC(F)(F)F)COP(=O)(OCCC#N)OC(CO)COCC(CCCNC(=O)C(F)(F)F)(CCCC(F)(F)F)CCCC(F)(F)F. The molecule has 0 aliphatic carbocycles. The molecule has 0 aromatic carbocycles. The van der Waals surface area contributed by atoms with E-state index < -0.39 is 328 Å². The van der Waals surface area contributed by atoms with Crippen LogP contribution in [0.5, 0.6) is 0 Å². The number of halogens is 18. The number of amides is 2. The number of alkyl halides is 18. The van der Waals surface area contributed by atoms with E-state index in [0.717, 1.165) is 6.92 Å². The lowest BCUT2D eigenvalue weighted by atomic mass is 9.75. The highest BCUT2D eigenvalue weighted by molar-refractivity contribution is 7.49. The third-order valence-corrected chi connectivity index (χ3v) is 19.3. The lowest BCUT2D eigenvalue weighted by Gasteiger charge is -2.35. The van der Waals surface area contributed by atoms with Crippen molar-refractivity contribution in [1.29, 1.82) is 15.8 Å². The van der Waals surface area contributed by atoms with Gasteiger partial charge < -0.3 is 35.1 Å². The molecule has 5 atom stereocenters. The van der Waals surface area contributed by atoms with Crippen LogP contribution in [0.25, 0.3) is 0 Å². The minimum absolute atomic E-state index is 0.0697. The second-order valence-corrected chi connectivity index (χ2v) is 29.4. The van der Waals surface area contributed by atoms with Gasteiger partial charge in [0.2, 0.25) is 0 Å². The zero-order chi connectivity index (χ0) is 80.2. The van der Waals surface area contributed by atoms with Crippen molar-refractivity contribution < 1.29 is 172 Å². The van der Waals surface area contributed by atoms with Gasteiger partial charge in [0.05, 0.1) is 130 Å². The molecule has 0 aromatic heterocycles. The van der Waals surface area contributed by atoms with E-state index in [1.165, 1.54) is 0 Å². The third kappa shape index (κ3) is 51.0. The smallest absolute Gasteiger partial charge is 0.466 e. The number of nitrogens with zero attached hydrogens (tertiary/aromatic N) is 3. The number of carbonyl (C=O) groups is 3. The average molecular weight is 1630 g/mol. The van der Waals surface area contributed by atoms with Gasteiger partial charge in [-0.2, -0.15) is 94.8 Å². The van der Waals surface area contributed by atoms with Crippen molar-refractivity contribution in [2.24, 2.45) is 16.2 Å². The summed E-state index contributed by atoms with van der Waals surface area (Å²) in [6.07, 6.45) is -47.3. The number of unbranched alkanes of at least 4 members (excludes halogenated alkanes) is 3. The molecule has 4 N–H and O–H groups in total. The summed E-state index contributed by atoms with van der Waals surface area (Å²) in [7, 11) is -15.7. The van der Waals surface area contributed by atoms with Crippen molar-refractivity contribution in [2.45, 2.75) is 217 Å². The number of esters is 1. The fourth-order valence-corrected chi connectivity index (χ4v) is 13.9. The summed E-state index contributed by atoms with van der Waals surface area (Å²) in [6, 6.07) is 5.01. The highest BCUT2D eigenvalue weighted by Gasteiger charge is 2.45. The molecule has 0 aromatic rings. The first kappa shape index (κ1) is 101. The molecule has 0 saturated heterocycles. The van der Waals surface area contributed by atoms with E-state index in [0.29, 0.717) is 19.3 Å². The highest BCUT2D eigenvalue weighted by Crippen LogP contribution is 2.57. The monoisotopic (exact) mass is 1630 g/mol. The van der Waals surface area contributed by atoms with Crippen LogP contribution in [0.1, 0.15) is 168 Å². The van der Waals surface area contributed by atoms with Gasteiger partial charge in [0.1, 0.15) is 12.2 Å². The summed E-state index contributed by atoms with van der Waals surface area (Å²) in [5.41, 5.74) is -5.69. The minimum atomic E-state index is -5.41. The number of ether oxygens (including phenoxy) is 3. The molecule has 0 bridgehead atoms. The van der Waals surface area contributed by atoms with Gasteiger partial charge in [-0.3, -0.25) is 55.1 Å². The maximum absolute atomic E-state index is 14.8. The predicted molar refractivity (Wildman–Crippen MR) is 330 cm³/mol. The number of aliphatic hydroxyl groups excluding tert-OH is 2. The van der Waals surface area contributed by atoms with Crippen LogP contribution in [0.2, 0.25) is 0 Å². The number of nitriles is 3. The quantitative estimate of drug-likeness (QED) is 0.0190. The van der Waals surface area contributed by atoms with Crippen molar-refractivity contribution in [3.05, 3.63) is 0 Å². The van der Waals surface area contributed by atoms with E-state index >= 15 is 0 Å². The Hall–Kier alpha value is -4.21. The van der Waals surface area contributed by atoms with Crippen LogP contribution in [0.15, 0.2) is 0 Å². The molecule has 0 fully saturated rings. The molecular formula is C59H92F18N5O20P3. The molecule has 0 radical (unpaired) electrons. The van der Waals surface area contributed by atoms with E-state index in [1.807, 2.05) is 0 Å². The Balaban J connectivity index is 7.75. The Morgan fingerprint density at radius 1 is 0.410 bits per heavy atom. The average Bonchev–Trinajstić information content (AvgIpc) is 0.841. The van der Waals surface area contributed by atoms with Crippen LogP contribution in [0.3, 0.4) is 0 Å². The number of phosphoric ester groups is 3. The Morgan fingerprint density at radius 2 is 0.714 bits per heavy atom. The highest BCUT2D eigenvalue weighted by atomic mass is 31.2. The molecule has 46 heteroatoms. The molecule has 0 heterocycles. The second-order valence-electron chi connectivity index (χ2n) is 24.5. The fraction of sp³-hybridized carbons (Fsp3) is 0.898. The minimum Gasteiger partial charge on any atom is -0.466 e. The van der Waals surface area contributed by atoms with Gasteiger partial charge in [-0.05, 0) is 107 Å². The first-order chi connectivity index (χ1) is 48.6. The van der Waals surface area contributed by atoms with Gasteiger partial charge in [0, 0.05) is 50.6 Å². The predicted octanol–water partition coefficient (Wildman–Crippen LogP) is 15.3. The Labute approximate surface area is 595 Å². The molecule has 0 aliphatic heterocycles. The van der Waals surface area contributed by atoms with Gasteiger partial charge in [0.15, 0.2) is 0 Å². The third-order valence-electron chi connectivity index (χ3n) is 14.9. The summed E-state index contributed by atoms with van der Waals surface area (Å²) >= 11 is 0. The molecule has 5 unspecified atom stereocenters. The van der Waals surface area contributed by atoms with Crippen molar-refractivity contribution in [1.82, 2.24) is 10.6 Å². The van der Waals surface area contributed by atoms with E-state index in [9.17, 15) is 133 Å². The molecule has 0 spiro atoms. The van der Waals surface area contributed by atoms with Crippen molar-refractivity contribution >= 4 is 41.3 Å². The molecule has 25 nitrogen and oxygen atoms in total. The summed E-state index contributed by atoms with van der Waals surface area (Å²) in [5.74, 6) is -5.28. The van der Waals surface area contributed by atoms with Crippen LogP contribution in [0.4, 0.5) is 79.0 Å². The maximum atomic E-state index is 14.8. The van der Waals surface area contributed by atoms with Gasteiger partial charge in [-0.25, -0.2) is 13.7 Å². The van der Waals surface area contributed by atoms with E-state index in [-0.39, 0.29) is 19.4 Å². The number of phosphoric acid groups is 3. The van der Waals surface area contributed by atoms with Crippen LogP contribution in [0, 0.1) is 50.2 Å². The second kappa shape index (κ2) is 49.8. The number of hydrogen-bond acceptors (Lipinski definition) is 23. The zero-order valence-corrected chi connectivity index (χ0v) is 60.4. The number of carbonyl (C=O) groups excluding carboxylic acids is 3. The van der Waals surface area contributed by atoms with Crippen LogP contribution in [-0.2, 0) is 83.0 Å². The Bertz CT molecular complexity index is 2580. The van der Waals surface area contributed by atoms with Crippen molar-refractivity contribution in [3.8, 4) is 18.2 Å². The van der Waals surface area contributed by atoms with Gasteiger partial charge in [-0.15, -0.1) is 0 Å². The number of hydrogen-bond donors (Lipinski definition) is 4. The molecule has 0 saturated carbocycles. The van der Waals surface area contributed by atoms with Crippen molar-refractivity contribution in [3.63, 3.8) is 0 Å². The maximum Gasteiger partial charge on any atom is 0.475 e. The normalized spacial score (nSPS) is 15.8. The molecule has 0 rings (SSSR count). The van der Waals surface area contributed by atoms with Gasteiger partial charge in [-0.1, -0.05) is 20.3 Å². The lowest BCUT2D eigenvalue weighted by molar-refractivity contribution is -0.173. The largest absolute Gasteiger partial charge is 0.475 e. The van der Waals surface area contributed by atoms with E-state index in [1.54, 1.807) is 35.8 Å². The first-order valence-electron chi connectivity index (χ1n) is 32.9. The molecular weight excluding hydrogens is 1530 g/mol. The van der Waals surface area contributed by atoms with Crippen LogP contribution >= 0.6 is 23.5 Å². The van der Waals surface area contributed by atoms with E-state index in [2.05, 4.69) is 0 Å². The Morgan fingerprint density at radius 3 is 1.02 bits per heavy atom. The standard InChI is InChI=1S/C59H92F18N5O20P3/c1-3-48(85)93-32-6-4-5-7-33-94-103(88,95-34-14-27-78)98-41-51(2,42-99-104(89,96-35-15-28-79)101-46(37-83)39-91-44-52(17-8-23-54(60,61)62,18-9-24-55(63,64)65)21-12-30-81-49(86)58(72,73)74)43-100-105(90,97-36-16-29-80)102-47(38-84)40-92-45-53(19-10-25-56(66,67)68,20-11-26-57(69,70)71)22-13-31-82-50(87)59(75,76)77/h46-47,83-84H,3-26,30-45H2,1-2H3,(H,81,86)(H,82,87). The lowest BCUT2D eigenvalue weighted by Crippen LogP contribution is -2.38. The van der Waals surface area contributed by atoms with Crippen molar-refractivity contribution in [2.75, 3.05) is 106 Å². The number of nitrogens with one attached hydrogen (secondary N) is 2. The topological polar surface area (TPSA) is 349 Å². The van der Waals surface area contributed by atoms with Crippen LogP contribution in [-0.4, -0.2) is 183 Å². The number of aliphatic hydroxyl groups is 2. The Kier molecular flexibility index (Phi) is 47.8. The molecule has 614 valence electrons. The molecule has 105 heavy (non-hydrogen) atoms. The summed E-state index contributed by atoms with van der Waals surface area (Å²) in [4.78, 5) is 34.6. The molecule has 0 aliphatic rings. The number of rotatable bonds is 61. The summed E-state index contributed by atoms with van der Waals surface area (Å²) in [5, 5.41) is 52.1. The van der Waals surface area contributed by atoms with Gasteiger partial charge >= 0.3 is 78.3 Å². The van der Waals surface area contributed by atoms with Gasteiger partial charge in [0.25, 0.3) is 0 Å².